The van der Waals surface area contributed by atoms with Crippen molar-refractivity contribution in [2.45, 2.75) is 32.1 Å². The Morgan fingerprint density at radius 1 is 0.919 bits per heavy atom. The Balaban J connectivity index is 2.00. The Kier molecular flexibility index (Phi) is 12.4. The summed E-state index contributed by atoms with van der Waals surface area (Å²) in [7, 11) is 0. The van der Waals surface area contributed by atoms with Crippen molar-refractivity contribution < 1.29 is 0 Å². The monoisotopic (exact) mass is 590 g/mol. The zero-order chi connectivity index (χ0) is 26.6. The summed E-state index contributed by atoms with van der Waals surface area (Å²) in [6.45, 7) is 1.14. The summed E-state index contributed by atoms with van der Waals surface area (Å²) in [5, 5.41) is 1.69. The van der Waals surface area contributed by atoms with Crippen LogP contribution in [0.1, 0.15) is 47.4 Å². The van der Waals surface area contributed by atoms with Crippen molar-refractivity contribution in [3.63, 3.8) is 0 Å². The maximum atomic E-state index is 6.64. The predicted octanol–water partition coefficient (Wildman–Crippen LogP) is 7.79. The van der Waals surface area contributed by atoms with Gasteiger partial charge in [-0.15, -0.1) is 11.3 Å². The summed E-state index contributed by atoms with van der Waals surface area (Å²) in [4.78, 5) is 6.78. The minimum atomic E-state index is 0.436. The lowest BCUT2D eigenvalue weighted by atomic mass is 10.0. The van der Waals surface area contributed by atoms with Gasteiger partial charge in [-0.2, -0.15) is 0 Å². The van der Waals surface area contributed by atoms with Gasteiger partial charge in [-0.05, 0) is 80.4 Å². The number of nitrogens with two attached hydrogens (primary N) is 2. The first kappa shape index (κ1) is 29.6. The fraction of sp³-hybridized carbons (Fsp3) is 0.250. The largest absolute Gasteiger partial charge is 0.402 e. The van der Waals surface area contributed by atoms with Gasteiger partial charge < -0.3 is 11.5 Å². The van der Waals surface area contributed by atoms with Gasteiger partial charge in [-0.25, -0.2) is 4.99 Å². The van der Waals surface area contributed by atoms with Gasteiger partial charge in [-0.1, -0.05) is 72.3 Å². The van der Waals surface area contributed by atoms with Crippen LogP contribution < -0.4 is 16.2 Å². The number of hydrogen-bond acceptors (Lipinski definition) is 6. The van der Waals surface area contributed by atoms with Crippen molar-refractivity contribution in [3.05, 3.63) is 96.3 Å². The number of halogens is 3. The van der Waals surface area contributed by atoms with E-state index in [1.807, 2.05) is 36.4 Å². The van der Waals surface area contributed by atoms with E-state index in [-0.39, 0.29) is 0 Å². The number of hydrogen-bond donors (Lipinski definition) is 4. The van der Waals surface area contributed by atoms with Crippen molar-refractivity contribution in [3.8, 4) is 11.8 Å². The number of allylic oxidation sites excluding steroid dienone is 1. The molecule has 0 atom stereocenters. The summed E-state index contributed by atoms with van der Waals surface area (Å²) < 4.78 is 2.95. The number of nitrogens with one attached hydrogen (secondary N) is 1. The molecule has 0 spiro atoms. The van der Waals surface area contributed by atoms with E-state index >= 15 is 0 Å². The van der Waals surface area contributed by atoms with Crippen LogP contribution in [0.3, 0.4) is 0 Å². The first-order valence-corrected chi connectivity index (χ1v) is 14.3. The Morgan fingerprint density at radius 3 is 2.35 bits per heavy atom. The summed E-state index contributed by atoms with van der Waals surface area (Å²) in [6.07, 6.45) is 4.90. The van der Waals surface area contributed by atoms with Crippen LogP contribution in [0.15, 0.2) is 70.9 Å². The summed E-state index contributed by atoms with van der Waals surface area (Å²) in [5.41, 5.74) is 16.1. The van der Waals surface area contributed by atoms with Gasteiger partial charge in [-0.3, -0.25) is 4.72 Å². The predicted molar refractivity (Wildman–Crippen MR) is 165 cm³/mol. The third-order valence-corrected chi connectivity index (χ3v) is 7.44. The molecule has 0 aliphatic carbocycles. The molecule has 2 aromatic carbocycles. The van der Waals surface area contributed by atoms with E-state index < -0.39 is 0 Å². The van der Waals surface area contributed by atoms with Crippen LogP contribution >= 0.6 is 59.0 Å². The quantitative estimate of drug-likeness (QED) is 0.0796. The van der Waals surface area contributed by atoms with E-state index in [4.69, 9.17) is 51.3 Å². The number of thiol groups is 1. The van der Waals surface area contributed by atoms with Gasteiger partial charge in [0.05, 0.1) is 26.2 Å². The molecule has 0 radical (unpaired) electrons. The number of unbranched alkanes of at least 4 members (excludes halogenated alkanes) is 3. The summed E-state index contributed by atoms with van der Waals surface area (Å²) >= 11 is 24.4. The third kappa shape index (κ3) is 9.38. The molecule has 0 bridgehead atoms. The van der Waals surface area contributed by atoms with E-state index in [0.29, 0.717) is 33.8 Å². The van der Waals surface area contributed by atoms with Crippen molar-refractivity contribution in [2.24, 2.45) is 16.5 Å². The van der Waals surface area contributed by atoms with Crippen LogP contribution in [0.25, 0.3) is 0 Å². The van der Waals surface area contributed by atoms with Crippen LogP contribution in [0.5, 0.6) is 0 Å². The number of aliphatic imine (C=N–C) groups is 1. The Hall–Kier alpha value is -1.95. The topological polar surface area (TPSA) is 76.4 Å². The van der Waals surface area contributed by atoms with Crippen LogP contribution in [0, 0.1) is 11.8 Å². The van der Waals surface area contributed by atoms with Crippen molar-refractivity contribution in [1.82, 2.24) is 4.72 Å². The maximum Gasteiger partial charge on any atom is 0.0872 e. The normalized spacial score (nSPS) is 12.2. The van der Waals surface area contributed by atoms with Crippen LogP contribution in [0.2, 0.25) is 15.1 Å². The number of rotatable bonds is 11. The lowest BCUT2D eigenvalue weighted by Gasteiger charge is -2.15. The van der Waals surface area contributed by atoms with Gasteiger partial charge >= 0.3 is 0 Å². The molecule has 0 aliphatic heterocycles. The molecule has 1 heterocycles. The molecule has 0 amide bonds. The molecule has 0 aliphatic rings. The van der Waals surface area contributed by atoms with E-state index in [2.05, 4.69) is 29.4 Å². The molecule has 4 nitrogen and oxygen atoms in total. The average molecular weight is 592 g/mol. The molecule has 0 fully saturated rings. The highest BCUT2D eigenvalue weighted by Gasteiger charge is 2.17. The van der Waals surface area contributed by atoms with E-state index in [1.165, 1.54) is 0 Å². The molecule has 37 heavy (non-hydrogen) atoms. The SMILES string of the molecule is NCCCCCC/C(N)=C(\CNS)C(=Nc1ccc(Cl)cc1Cl)c1ccc(C#Cc2ccc(Cl)cc2)s1. The fourth-order valence-corrected chi connectivity index (χ4v) is 5.17. The van der Waals surface area contributed by atoms with Crippen molar-refractivity contribution in [2.75, 3.05) is 13.1 Å². The lowest BCUT2D eigenvalue weighted by Crippen LogP contribution is -2.20. The van der Waals surface area contributed by atoms with E-state index in [0.717, 1.165) is 64.4 Å². The maximum absolute atomic E-state index is 6.64. The number of thiophene rings is 1. The Bertz CT molecular complexity index is 1300. The lowest BCUT2D eigenvalue weighted by molar-refractivity contribution is 0.641. The number of nitrogens with zero attached hydrogens (tertiary/aromatic N) is 1. The summed E-state index contributed by atoms with van der Waals surface area (Å²) in [5.74, 6) is 6.41. The summed E-state index contributed by atoms with van der Waals surface area (Å²) in [6, 6.07) is 16.7. The van der Waals surface area contributed by atoms with Crippen molar-refractivity contribution in [1.29, 1.82) is 0 Å². The third-order valence-electron chi connectivity index (χ3n) is 5.49. The second-order valence-electron chi connectivity index (χ2n) is 8.27. The first-order valence-electron chi connectivity index (χ1n) is 11.9. The standard InChI is InChI=1S/C28H29Cl3N4S2/c29-20-9-6-19(7-10-20)8-12-22-13-15-27(37-22)28(35-26-14-11-21(30)17-24(26)31)23(18-34-36)25(33)5-3-1-2-4-16-32/h6-7,9-11,13-15,17,34,36H,1-5,16,18,32-33H2/b25-23-,35-28?. The van der Waals surface area contributed by atoms with Gasteiger partial charge in [0.1, 0.15) is 0 Å². The molecule has 3 aromatic rings. The Labute approximate surface area is 243 Å². The van der Waals surface area contributed by atoms with Gasteiger partial charge in [0.25, 0.3) is 0 Å². The second kappa shape index (κ2) is 15.5. The zero-order valence-corrected chi connectivity index (χ0v) is 24.2. The second-order valence-corrected chi connectivity index (χ2v) is 10.9. The number of benzene rings is 2. The molecule has 0 unspecified atom stereocenters. The Morgan fingerprint density at radius 2 is 1.65 bits per heavy atom. The highest BCUT2D eigenvalue weighted by molar-refractivity contribution is 7.78. The molecule has 5 N–H and O–H groups in total. The minimum Gasteiger partial charge on any atom is -0.402 e. The average Bonchev–Trinajstić information content (AvgIpc) is 3.35. The molecule has 194 valence electrons. The minimum absolute atomic E-state index is 0.436. The highest BCUT2D eigenvalue weighted by atomic mass is 35.5. The van der Waals surface area contributed by atoms with E-state index in [9.17, 15) is 0 Å². The fourth-order valence-electron chi connectivity index (χ4n) is 3.56. The first-order chi connectivity index (χ1) is 17.9. The molecule has 1 aromatic heterocycles. The van der Waals surface area contributed by atoms with Crippen LogP contribution in [-0.4, -0.2) is 18.8 Å². The van der Waals surface area contributed by atoms with E-state index in [1.54, 1.807) is 29.5 Å². The smallest absolute Gasteiger partial charge is 0.0872 e. The van der Waals surface area contributed by atoms with Crippen LogP contribution in [0.4, 0.5) is 5.69 Å². The molecular weight excluding hydrogens is 563 g/mol. The molecular formula is C28H29Cl3N4S2. The molecule has 3 rings (SSSR count). The van der Waals surface area contributed by atoms with Gasteiger partial charge in [0.15, 0.2) is 0 Å². The highest BCUT2D eigenvalue weighted by Crippen LogP contribution is 2.31. The van der Waals surface area contributed by atoms with Crippen molar-refractivity contribution >= 4 is 70.4 Å². The molecule has 0 saturated carbocycles. The van der Waals surface area contributed by atoms with Crippen LogP contribution in [-0.2, 0) is 0 Å². The van der Waals surface area contributed by atoms with Gasteiger partial charge in [0, 0.05) is 33.4 Å². The zero-order valence-electron chi connectivity index (χ0n) is 20.2. The van der Waals surface area contributed by atoms with Gasteiger partial charge in [0.2, 0.25) is 0 Å². The molecule has 0 saturated heterocycles. The molecule has 9 heteroatoms.